The predicted octanol–water partition coefficient (Wildman–Crippen LogP) is 2.30. The molecule has 5 nitrogen and oxygen atoms in total. The van der Waals surface area contributed by atoms with Crippen LogP contribution in [-0.4, -0.2) is 26.6 Å². The Morgan fingerprint density at radius 1 is 1.50 bits per heavy atom. The molecule has 0 amide bonds. The molecule has 1 fully saturated rings. The van der Waals surface area contributed by atoms with E-state index in [0.29, 0.717) is 6.04 Å². The van der Waals surface area contributed by atoms with Gasteiger partial charge in [-0.2, -0.15) is 0 Å². The first-order chi connectivity index (χ1) is 8.28. The molecule has 1 aliphatic rings. The van der Waals surface area contributed by atoms with E-state index >= 15 is 0 Å². The largest absolute Gasteiger partial charge is 0.460 e. The van der Waals surface area contributed by atoms with E-state index in [2.05, 4.69) is 24.2 Å². The molecule has 1 saturated carbocycles. The van der Waals surface area contributed by atoms with Crippen molar-refractivity contribution in [2.45, 2.75) is 58.6 Å². The molecule has 1 heterocycles. The number of nitrogens with zero attached hydrogens (tertiary/aromatic N) is 3. The molecule has 2 atom stereocenters. The van der Waals surface area contributed by atoms with Crippen LogP contribution in [0.15, 0.2) is 6.20 Å². The van der Waals surface area contributed by atoms with Gasteiger partial charge in [-0.1, -0.05) is 5.21 Å². The fourth-order valence-corrected chi connectivity index (χ4v) is 1.87. The summed E-state index contributed by atoms with van der Waals surface area (Å²) in [5.74, 6) is 0.0282. The van der Waals surface area contributed by atoms with Crippen molar-refractivity contribution in [3.05, 3.63) is 11.9 Å². The maximum atomic E-state index is 11.9. The van der Waals surface area contributed by atoms with E-state index < -0.39 is 5.60 Å². The predicted molar refractivity (Wildman–Crippen MR) is 67.1 cm³/mol. The number of ether oxygens (including phenoxy) is 1. The van der Waals surface area contributed by atoms with Gasteiger partial charge in [-0.15, -0.1) is 5.10 Å². The number of hydrogen-bond donors (Lipinski definition) is 0. The number of hydrogen-bond acceptors (Lipinski definition) is 4. The first-order valence-corrected chi connectivity index (χ1v) is 6.42. The normalized spacial score (nSPS) is 23.2. The van der Waals surface area contributed by atoms with Crippen LogP contribution in [0, 0.1) is 5.92 Å². The van der Waals surface area contributed by atoms with Gasteiger partial charge in [-0.05, 0) is 41.0 Å². The molecule has 0 bridgehead atoms. The van der Waals surface area contributed by atoms with E-state index in [1.807, 2.05) is 31.6 Å². The first kappa shape index (κ1) is 13.1. The fraction of sp³-hybridized carbons (Fsp3) is 0.769. The molecule has 0 aromatic carbocycles. The van der Waals surface area contributed by atoms with Gasteiger partial charge in [0.1, 0.15) is 5.60 Å². The van der Waals surface area contributed by atoms with Crippen LogP contribution in [0.5, 0.6) is 0 Å². The standard InChI is InChI=1S/C13H21N3O2/c1-8(2)16-7-11(14-15-16)9-6-10(9)12(17)18-13(3,4)5/h7-10H,6H2,1-5H3. The number of carbonyl (C=O) groups excluding carboxylic acids is 1. The van der Waals surface area contributed by atoms with E-state index in [0.717, 1.165) is 12.1 Å². The highest BCUT2D eigenvalue weighted by molar-refractivity contribution is 5.77. The minimum absolute atomic E-state index is 0.0402. The first-order valence-electron chi connectivity index (χ1n) is 6.42. The van der Waals surface area contributed by atoms with Gasteiger partial charge in [0, 0.05) is 18.2 Å². The monoisotopic (exact) mass is 251 g/mol. The fourth-order valence-electron chi connectivity index (χ4n) is 1.87. The Labute approximate surface area is 108 Å². The van der Waals surface area contributed by atoms with E-state index in [1.54, 1.807) is 0 Å². The van der Waals surface area contributed by atoms with Crippen LogP contribution in [0.2, 0.25) is 0 Å². The van der Waals surface area contributed by atoms with Crippen molar-refractivity contribution in [2.75, 3.05) is 0 Å². The third kappa shape index (κ3) is 2.89. The molecule has 18 heavy (non-hydrogen) atoms. The van der Waals surface area contributed by atoms with Crippen molar-refractivity contribution >= 4 is 5.97 Å². The Morgan fingerprint density at radius 3 is 2.67 bits per heavy atom. The zero-order valence-electron chi connectivity index (χ0n) is 11.7. The maximum Gasteiger partial charge on any atom is 0.310 e. The van der Waals surface area contributed by atoms with Gasteiger partial charge in [0.15, 0.2) is 0 Å². The van der Waals surface area contributed by atoms with Crippen molar-refractivity contribution < 1.29 is 9.53 Å². The van der Waals surface area contributed by atoms with E-state index in [-0.39, 0.29) is 17.8 Å². The summed E-state index contributed by atoms with van der Waals surface area (Å²) < 4.78 is 7.19. The molecule has 1 aliphatic carbocycles. The number of esters is 1. The Kier molecular flexibility index (Phi) is 3.17. The van der Waals surface area contributed by atoms with Crippen LogP contribution in [0.25, 0.3) is 0 Å². The molecule has 1 aromatic rings. The highest BCUT2D eigenvalue weighted by Gasteiger charge is 2.47. The summed E-state index contributed by atoms with van der Waals surface area (Å²) in [6.07, 6.45) is 2.76. The van der Waals surface area contributed by atoms with Gasteiger partial charge in [0.25, 0.3) is 0 Å². The lowest BCUT2D eigenvalue weighted by Crippen LogP contribution is -2.25. The van der Waals surface area contributed by atoms with Crippen LogP contribution < -0.4 is 0 Å². The van der Waals surface area contributed by atoms with Gasteiger partial charge in [-0.25, -0.2) is 4.68 Å². The molecule has 0 aliphatic heterocycles. The highest BCUT2D eigenvalue weighted by atomic mass is 16.6. The van der Waals surface area contributed by atoms with Crippen molar-refractivity contribution in [1.82, 2.24) is 15.0 Å². The molecule has 5 heteroatoms. The summed E-state index contributed by atoms with van der Waals surface area (Å²) in [6, 6.07) is 0.296. The third-order valence-electron chi connectivity index (χ3n) is 2.94. The Balaban J connectivity index is 1.96. The smallest absolute Gasteiger partial charge is 0.310 e. The molecule has 2 rings (SSSR count). The summed E-state index contributed by atoms with van der Waals surface area (Å²) in [7, 11) is 0. The number of carbonyl (C=O) groups is 1. The zero-order chi connectivity index (χ0) is 13.5. The Hall–Kier alpha value is -1.39. The molecular formula is C13H21N3O2. The quantitative estimate of drug-likeness (QED) is 0.773. The summed E-state index contributed by atoms with van der Waals surface area (Å²) in [5, 5.41) is 8.19. The van der Waals surface area contributed by atoms with Gasteiger partial charge in [0.05, 0.1) is 11.6 Å². The molecule has 2 unspecified atom stereocenters. The number of aromatic nitrogens is 3. The van der Waals surface area contributed by atoms with Crippen LogP contribution >= 0.6 is 0 Å². The van der Waals surface area contributed by atoms with Crippen LogP contribution in [0.3, 0.4) is 0 Å². The van der Waals surface area contributed by atoms with Crippen LogP contribution in [0.4, 0.5) is 0 Å². The van der Waals surface area contributed by atoms with Gasteiger partial charge < -0.3 is 4.74 Å². The number of rotatable bonds is 3. The SMILES string of the molecule is CC(C)n1cc(C2CC2C(=O)OC(C)(C)C)nn1. The summed E-state index contributed by atoms with van der Waals surface area (Å²) >= 11 is 0. The van der Waals surface area contributed by atoms with Gasteiger partial charge >= 0.3 is 5.97 Å². The van der Waals surface area contributed by atoms with Crippen LogP contribution in [0.1, 0.15) is 58.7 Å². The highest BCUT2D eigenvalue weighted by Crippen LogP contribution is 2.47. The average Bonchev–Trinajstić information content (AvgIpc) is 2.85. The second kappa shape index (κ2) is 4.37. The van der Waals surface area contributed by atoms with Crippen molar-refractivity contribution in [3.8, 4) is 0 Å². The molecule has 0 spiro atoms. The van der Waals surface area contributed by atoms with E-state index in [9.17, 15) is 4.79 Å². The van der Waals surface area contributed by atoms with Gasteiger partial charge in [-0.3, -0.25) is 4.79 Å². The minimum Gasteiger partial charge on any atom is -0.460 e. The van der Waals surface area contributed by atoms with Crippen molar-refractivity contribution in [2.24, 2.45) is 5.92 Å². The molecule has 0 saturated heterocycles. The second-order valence-electron chi connectivity index (χ2n) is 6.20. The Bertz CT molecular complexity index is 445. The van der Waals surface area contributed by atoms with Crippen molar-refractivity contribution in [1.29, 1.82) is 0 Å². The van der Waals surface area contributed by atoms with Gasteiger partial charge in [0.2, 0.25) is 0 Å². The maximum absolute atomic E-state index is 11.9. The molecule has 100 valence electrons. The third-order valence-corrected chi connectivity index (χ3v) is 2.94. The lowest BCUT2D eigenvalue weighted by atomic mass is 10.2. The lowest BCUT2D eigenvalue weighted by molar-refractivity contribution is -0.156. The average molecular weight is 251 g/mol. The van der Waals surface area contributed by atoms with Crippen molar-refractivity contribution in [3.63, 3.8) is 0 Å². The van der Waals surface area contributed by atoms with E-state index in [4.69, 9.17) is 4.74 Å². The molecule has 1 aromatic heterocycles. The molecule has 0 radical (unpaired) electrons. The summed E-state index contributed by atoms with van der Waals surface area (Å²) in [4.78, 5) is 11.9. The zero-order valence-corrected chi connectivity index (χ0v) is 11.7. The van der Waals surface area contributed by atoms with Crippen LogP contribution in [-0.2, 0) is 9.53 Å². The Morgan fingerprint density at radius 2 is 2.17 bits per heavy atom. The second-order valence-corrected chi connectivity index (χ2v) is 6.20. The molecular weight excluding hydrogens is 230 g/mol. The van der Waals surface area contributed by atoms with E-state index in [1.165, 1.54) is 0 Å². The minimum atomic E-state index is -0.417. The lowest BCUT2D eigenvalue weighted by Gasteiger charge is -2.19. The summed E-state index contributed by atoms with van der Waals surface area (Å²) in [5.41, 5.74) is 0.485. The molecule has 0 N–H and O–H groups in total. The summed E-state index contributed by atoms with van der Waals surface area (Å²) in [6.45, 7) is 9.76. The topological polar surface area (TPSA) is 57.0 Å².